The molecule has 1 aliphatic carbocycles. The van der Waals surface area contributed by atoms with E-state index in [9.17, 15) is 9.59 Å². The highest BCUT2D eigenvalue weighted by atomic mass is 32.1. The molecule has 2 amide bonds. The minimum absolute atomic E-state index is 0.00954. The Bertz CT molecular complexity index is 954. The zero-order valence-electron chi connectivity index (χ0n) is 21.0. The second kappa shape index (κ2) is 12.8. The van der Waals surface area contributed by atoms with Crippen molar-refractivity contribution in [3.8, 4) is 11.5 Å². The van der Waals surface area contributed by atoms with Crippen LogP contribution in [-0.2, 0) is 22.6 Å². The van der Waals surface area contributed by atoms with Crippen LogP contribution in [0.4, 0.5) is 0 Å². The summed E-state index contributed by atoms with van der Waals surface area (Å²) in [5, 5.41) is 0. The van der Waals surface area contributed by atoms with Gasteiger partial charge in [0.05, 0.1) is 27.3 Å². The van der Waals surface area contributed by atoms with E-state index in [-0.39, 0.29) is 24.3 Å². The van der Waals surface area contributed by atoms with Gasteiger partial charge in [-0.3, -0.25) is 9.59 Å². The SMILES string of the molecule is CCCCN(CC(=O)N(CCc1ccc(OC)c(OC)c1)Cc1ccc(C)s1)C(=O)C1CCC1. The summed E-state index contributed by atoms with van der Waals surface area (Å²) in [4.78, 5) is 32.6. The summed E-state index contributed by atoms with van der Waals surface area (Å²) < 4.78 is 10.8. The van der Waals surface area contributed by atoms with Gasteiger partial charge in [0, 0.05) is 28.8 Å². The summed E-state index contributed by atoms with van der Waals surface area (Å²) in [6, 6.07) is 10.0. The van der Waals surface area contributed by atoms with Gasteiger partial charge in [-0.2, -0.15) is 0 Å². The number of hydrogen-bond donors (Lipinski definition) is 0. The van der Waals surface area contributed by atoms with Crippen molar-refractivity contribution in [2.45, 2.75) is 58.9 Å². The maximum atomic E-state index is 13.5. The fourth-order valence-electron chi connectivity index (χ4n) is 4.14. The monoisotopic (exact) mass is 486 g/mol. The highest BCUT2D eigenvalue weighted by Gasteiger charge is 2.31. The lowest BCUT2D eigenvalue weighted by atomic mass is 9.84. The van der Waals surface area contributed by atoms with Gasteiger partial charge in [0.25, 0.3) is 0 Å². The van der Waals surface area contributed by atoms with E-state index in [4.69, 9.17) is 9.47 Å². The van der Waals surface area contributed by atoms with Crippen LogP contribution >= 0.6 is 11.3 Å². The first-order valence-corrected chi connectivity index (χ1v) is 13.1. The summed E-state index contributed by atoms with van der Waals surface area (Å²) >= 11 is 1.71. The summed E-state index contributed by atoms with van der Waals surface area (Å²) in [7, 11) is 3.25. The van der Waals surface area contributed by atoms with E-state index in [1.165, 1.54) is 4.88 Å². The highest BCUT2D eigenvalue weighted by molar-refractivity contribution is 7.11. The Morgan fingerprint density at radius 3 is 2.38 bits per heavy atom. The fraction of sp³-hybridized carbons (Fsp3) is 0.556. The normalized spacial score (nSPS) is 13.3. The van der Waals surface area contributed by atoms with E-state index in [0.29, 0.717) is 37.6 Å². The number of unbranched alkanes of at least 4 members (excludes halogenated alkanes) is 1. The summed E-state index contributed by atoms with van der Waals surface area (Å²) in [6.07, 6.45) is 5.63. The molecule has 1 aromatic heterocycles. The van der Waals surface area contributed by atoms with Crippen LogP contribution in [-0.4, -0.2) is 55.5 Å². The molecule has 0 atom stereocenters. The average Bonchev–Trinajstić information content (AvgIpc) is 3.22. The van der Waals surface area contributed by atoms with Crippen LogP contribution in [0, 0.1) is 12.8 Å². The Labute approximate surface area is 207 Å². The maximum absolute atomic E-state index is 13.5. The highest BCUT2D eigenvalue weighted by Crippen LogP contribution is 2.29. The number of methoxy groups -OCH3 is 2. The number of benzene rings is 1. The third kappa shape index (κ3) is 6.98. The molecule has 1 heterocycles. The minimum atomic E-state index is 0.00954. The molecule has 1 fully saturated rings. The molecule has 1 aliphatic rings. The second-order valence-corrected chi connectivity index (χ2v) is 10.4. The first-order chi connectivity index (χ1) is 16.4. The molecule has 0 N–H and O–H groups in total. The number of rotatable bonds is 13. The topological polar surface area (TPSA) is 59.1 Å². The standard InChI is InChI=1S/C27H38N2O4S/c1-5-6-15-29(27(31)22-8-7-9-22)19-26(30)28(18-23-12-10-20(2)34-23)16-14-21-11-13-24(32-3)25(17-21)33-4/h10-13,17,22H,5-9,14-16,18-19H2,1-4H3. The molecule has 0 spiro atoms. The van der Waals surface area contributed by atoms with Crippen molar-refractivity contribution in [1.82, 2.24) is 9.80 Å². The smallest absolute Gasteiger partial charge is 0.242 e. The first-order valence-electron chi connectivity index (χ1n) is 12.3. The van der Waals surface area contributed by atoms with Crippen molar-refractivity contribution in [3.63, 3.8) is 0 Å². The molecule has 0 saturated heterocycles. The van der Waals surface area contributed by atoms with Crippen LogP contribution < -0.4 is 9.47 Å². The van der Waals surface area contributed by atoms with Crippen LogP contribution in [0.3, 0.4) is 0 Å². The molecule has 2 aromatic rings. The minimum Gasteiger partial charge on any atom is -0.493 e. The number of amides is 2. The largest absolute Gasteiger partial charge is 0.493 e. The number of ether oxygens (including phenoxy) is 2. The van der Waals surface area contributed by atoms with Crippen molar-refractivity contribution in [3.05, 3.63) is 45.6 Å². The second-order valence-electron chi connectivity index (χ2n) is 9.01. The molecule has 3 rings (SSSR count). The van der Waals surface area contributed by atoms with Gasteiger partial charge in [0.15, 0.2) is 11.5 Å². The molecule has 7 heteroatoms. The van der Waals surface area contributed by atoms with E-state index >= 15 is 0 Å². The van der Waals surface area contributed by atoms with Gasteiger partial charge < -0.3 is 19.3 Å². The lowest BCUT2D eigenvalue weighted by Gasteiger charge is -2.33. The van der Waals surface area contributed by atoms with Crippen molar-refractivity contribution < 1.29 is 19.1 Å². The molecule has 0 unspecified atom stereocenters. The zero-order valence-corrected chi connectivity index (χ0v) is 21.8. The Morgan fingerprint density at radius 1 is 1.03 bits per heavy atom. The van der Waals surface area contributed by atoms with Crippen LogP contribution in [0.25, 0.3) is 0 Å². The molecule has 6 nitrogen and oxygen atoms in total. The Balaban J connectivity index is 1.72. The maximum Gasteiger partial charge on any atom is 0.242 e. The fourth-order valence-corrected chi connectivity index (χ4v) is 5.05. The number of nitrogens with zero attached hydrogens (tertiary/aromatic N) is 2. The average molecular weight is 487 g/mol. The molecule has 0 radical (unpaired) electrons. The Hall–Kier alpha value is -2.54. The van der Waals surface area contributed by atoms with Crippen molar-refractivity contribution in [2.24, 2.45) is 5.92 Å². The van der Waals surface area contributed by atoms with E-state index in [0.717, 1.165) is 42.5 Å². The summed E-state index contributed by atoms with van der Waals surface area (Å²) in [5.41, 5.74) is 1.08. The molecule has 1 saturated carbocycles. The van der Waals surface area contributed by atoms with Crippen LogP contribution in [0.1, 0.15) is 54.3 Å². The Kier molecular flexibility index (Phi) is 9.81. The third-order valence-corrected chi connectivity index (χ3v) is 7.47. The predicted molar refractivity (Wildman–Crippen MR) is 137 cm³/mol. The summed E-state index contributed by atoms with van der Waals surface area (Å²) in [6.45, 7) is 6.13. The third-order valence-electron chi connectivity index (χ3n) is 6.49. The van der Waals surface area contributed by atoms with Gasteiger partial charge in [0.2, 0.25) is 11.8 Å². The van der Waals surface area contributed by atoms with Crippen molar-refractivity contribution in [2.75, 3.05) is 33.9 Å². The summed E-state index contributed by atoms with van der Waals surface area (Å²) in [5.74, 6) is 1.64. The van der Waals surface area contributed by atoms with E-state index in [2.05, 4.69) is 26.0 Å². The van der Waals surface area contributed by atoms with E-state index < -0.39 is 0 Å². The van der Waals surface area contributed by atoms with Crippen LogP contribution in [0.2, 0.25) is 0 Å². The van der Waals surface area contributed by atoms with Gasteiger partial charge in [0.1, 0.15) is 0 Å². The number of carbonyl (C=O) groups is 2. The molecule has 1 aromatic carbocycles. The lowest BCUT2D eigenvalue weighted by molar-refractivity contribution is -0.145. The molecular formula is C27H38N2O4S. The van der Waals surface area contributed by atoms with Crippen LogP contribution in [0.5, 0.6) is 11.5 Å². The van der Waals surface area contributed by atoms with Crippen molar-refractivity contribution >= 4 is 23.2 Å². The molecule has 186 valence electrons. The first kappa shape index (κ1) is 26.1. The van der Waals surface area contributed by atoms with E-state index in [1.54, 1.807) is 30.5 Å². The van der Waals surface area contributed by atoms with Gasteiger partial charge in [-0.25, -0.2) is 0 Å². The van der Waals surface area contributed by atoms with Gasteiger partial charge in [-0.15, -0.1) is 11.3 Å². The number of thiophene rings is 1. The molecule has 0 bridgehead atoms. The molecular weight excluding hydrogens is 448 g/mol. The number of carbonyl (C=O) groups excluding carboxylic acids is 2. The van der Waals surface area contributed by atoms with Crippen molar-refractivity contribution in [1.29, 1.82) is 0 Å². The lowest BCUT2D eigenvalue weighted by Crippen LogP contribution is -2.46. The van der Waals surface area contributed by atoms with Crippen LogP contribution in [0.15, 0.2) is 30.3 Å². The Morgan fingerprint density at radius 2 is 1.79 bits per heavy atom. The quantitative estimate of drug-likeness (QED) is 0.396. The van der Waals surface area contributed by atoms with Gasteiger partial charge in [-0.1, -0.05) is 25.8 Å². The predicted octanol–water partition coefficient (Wildman–Crippen LogP) is 5.07. The number of aryl methyl sites for hydroxylation is 1. The van der Waals surface area contributed by atoms with Gasteiger partial charge in [-0.05, 0) is 62.4 Å². The van der Waals surface area contributed by atoms with Gasteiger partial charge >= 0.3 is 0 Å². The zero-order chi connectivity index (χ0) is 24.5. The molecule has 34 heavy (non-hydrogen) atoms. The number of hydrogen-bond acceptors (Lipinski definition) is 5. The van der Waals surface area contributed by atoms with E-state index in [1.807, 2.05) is 23.1 Å². The molecule has 0 aliphatic heterocycles.